The Morgan fingerprint density at radius 2 is 2.12 bits per heavy atom. The van der Waals surface area contributed by atoms with Crippen molar-refractivity contribution in [1.29, 1.82) is 0 Å². The molecular weight excluding hydrogens is 263 g/mol. The van der Waals surface area contributed by atoms with Crippen LogP contribution in [0.4, 0.5) is 0 Å². The normalized spacial score (nSPS) is 11.2. The van der Waals surface area contributed by atoms with E-state index in [-0.39, 0.29) is 0 Å². The highest BCUT2D eigenvalue weighted by Crippen LogP contribution is 2.32. The van der Waals surface area contributed by atoms with Gasteiger partial charge < -0.3 is 9.47 Å². The van der Waals surface area contributed by atoms with Crippen LogP contribution >= 0.6 is 23.2 Å². The number of halogens is 2. The van der Waals surface area contributed by atoms with Gasteiger partial charge in [-0.1, -0.05) is 29.3 Å². The van der Waals surface area contributed by atoms with Crippen LogP contribution < -0.4 is 4.74 Å². The molecule has 0 saturated heterocycles. The number of hydrogen-bond acceptors (Lipinski definition) is 3. The molecule has 0 unspecified atom stereocenters. The van der Waals surface area contributed by atoms with E-state index in [1.807, 2.05) is 0 Å². The first-order chi connectivity index (χ1) is 8.04. The van der Waals surface area contributed by atoms with Gasteiger partial charge in [0.1, 0.15) is 16.5 Å². The maximum absolute atomic E-state index is 11.2. The smallest absolute Gasteiger partial charge is 0.334 e. The van der Waals surface area contributed by atoms with E-state index < -0.39 is 5.97 Å². The molecule has 0 radical (unpaired) electrons. The van der Waals surface area contributed by atoms with Crippen molar-refractivity contribution in [2.24, 2.45) is 0 Å². The lowest BCUT2D eigenvalue weighted by Gasteiger charge is -2.08. The van der Waals surface area contributed by atoms with E-state index in [1.54, 1.807) is 32.0 Å². The summed E-state index contributed by atoms with van der Waals surface area (Å²) in [5.74, 6) is 0.327. The quantitative estimate of drug-likeness (QED) is 0.476. The van der Waals surface area contributed by atoms with Crippen molar-refractivity contribution in [2.75, 3.05) is 6.61 Å². The summed E-state index contributed by atoms with van der Waals surface area (Å²) in [5.41, 5.74) is 0. The van der Waals surface area contributed by atoms with Gasteiger partial charge in [0, 0.05) is 0 Å². The first-order valence-electron chi connectivity index (χ1n) is 5.01. The Morgan fingerprint density at radius 1 is 1.41 bits per heavy atom. The van der Waals surface area contributed by atoms with Gasteiger partial charge in [-0.3, -0.25) is 0 Å². The van der Waals surface area contributed by atoms with Gasteiger partial charge in [0.2, 0.25) is 0 Å². The van der Waals surface area contributed by atoms with Crippen LogP contribution in [0.15, 0.2) is 30.0 Å². The predicted molar refractivity (Wildman–Crippen MR) is 67.5 cm³/mol. The van der Waals surface area contributed by atoms with Crippen molar-refractivity contribution in [1.82, 2.24) is 0 Å². The van der Waals surface area contributed by atoms with Crippen LogP contribution in [0, 0.1) is 0 Å². The molecule has 0 fully saturated rings. The highest BCUT2D eigenvalue weighted by molar-refractivity contribution is 6.42. The van der Waals surface area contributed by atoms with Gasteiger partial charge in [-0.15, -0.1) is 0 Å². The van der Waals surface area contributed by atoms with Gasteiger partial charge in [0.05, 0.1) is 17.7 Å². The van der Waals surface area contributed by atoms with Crippen LogP contribution in [-0.2, 0) is 9.53 Å². The van der Waals surface area contributed by atoms with Crippen LogP contribution in [0.2, 0.25) is 10.0 Å². The minimum atomic E-state index is -0.455. The van der Waals surface area contributed by atoms with E-state index in [0.717, 1.165) is 0 Å². The Balaban J connectivity index is 2.77. The lowest BCUT2D eigenvalue weighted by Crippen LogP contribution is -2.02. The molecule has 17 heavy (non-hydrogen) atoms. The summed E-state index contributed by atoms with van der Waals surface area (Å²) in [5, 5.41) is 0.707. The van der Waals surface area contributed by atoms with Crippen molar-refractivity contribution in [3.05, 3.63) is 40.1 Å². The second-order valence-corrected chi connectivity index (χ2v) is 3.95. The molecule has 0 N–H and O–H groups in total. The molecule has 0 aliphatic heterocycles. The second kappa shape index (κ2) is 6.52. The van der Waals surface area contributed by atoms with Crippen molar-refractivity contribution in [3.63, 3.8) is 0 Å². The summed E-state index contributed by atoms with van der Waals surface area (Å²) in [6.45, 7) is 3.68. The van der Waals surface area contributed by atoms with Crippen LogP contribution in [0.25, 0.3) is 0 Å². The fourth-order valence-corrected chi connectivity index (χ4v) is 1.45. The number of carbonyl (C=O) groups is 1. The molecular formula is C12H12Cl2O3. The van der Waals surface area contributed by atoms with E-state index in [0.29, 0.717) is 28.2 Å². The molecule has 0 saturated carbocycles. The summed E-state index contributed by atoms with van der Waals surface area (Å²) < 4.78 is 10.1. The minimum absolute atomic E-state index is 0.311. The molecule has 0 aliphatic rings. The molecule has 0 heterocycles. The zero-order valence-electron chi connectivity index (χ0n) is 9.50. The van der Waals surface area contributed by atoms with Gasteiger partial charge in [-0.05, 0) is 26.0 Å². The SMILES string of the molecule is CCOC(=O)/C=C(\C)Oc1cccc(Cl)c1Cl. The van der Waals surface area contributed by atoms with Crippen molar-refractivity contribution in [2.45, 2.75) is 13.8 Å². The van der Waals surface area contributed by atoms with Crippen LogP contribution in [0.5, 0.6) is 5.75 Å². The van der Waals surface area contributed by atoms with Crippen molar-refractivity contribution >= 4 is 29.2 Å². The molecule has 3 nitrogen and oxygen atoms in total. The maximum Gasteiger partial charge on any atom is 0.334 e. The summed E-state index contributed by atoms with van der Waals surface area (Å²) in [4.78, 5) is 11.2. The van der Waals surface area contributed by atoms with Gasteiger partial charge in [-0.2, -0.15) is 0 Å². The molecule has 0 amide bonds. The summed E-state index contributed by atoms with van der Waals surface area (Å²) in [6, 6.07) is 5.03. The molecule has 0 bridgehead atoms. The lowest BCUT2D eigenvalue weighted by atomic mass is 10.3. The Kier molecular flexibility index (Phi) is 5.32. The zero-order valence-corrected chi connectivity index (χ0v) is 11.0. The number of benzene rings is 1. The third-order valence-electron chi connectivity index (χ3n) is 1.79. The highest BCUT2D eigenvalue weighted by Gasteiger charge is 2.07. The lowest BCUT2D eigenvalue weighted by molar-refractivity contribution is -0.137. The largest absolute Gasteiger partial charge is 0.463 e. The van der Waals surface area contributed by atoms with Gasteiger partial charge in [0.15, 0.2) is 0 Å². The third kappa shape index (κ3) is 4.29. The van der Waals surface area contributed by atoms with Crippen molar-refractivity contribution in [3.8, 4) is 5.75 Å². The number of ether oxygens (including phenoxy) is 2. The predicted octanol–water partition coefficient (Wildman–Crippen LogP) is 3.84. The molecule has 5 heteroatoms. The van der Waals surface area contributed by atoms with Crippen LogP contribution in [0.3, 0.4) is 0 Å². The summed E-state index contributed by atoms with van der Waals surface area (Å²) in [6.07, 6.45) is 1.25. The Hall–Kier alpha value is -1.19. The molecule has 1 aromatic rings. The molecule has 92 valence electrons. The Morgan fingerprint density at radius 3 is 2.76 bits per heavy atom. The zero-order chi connectivity index (χ0) is 12.8. The molecule has 0 spiro atoms. The fourth-order valence-electron chi connectivity index (χ4n) is 1.12. The Bertz CT molecular complexity index is 441. The van der Waals surface area contributed by atoms with Gasteiger partial charge in [-0.25, -0.2) is 4.79 Å². The highest BCUT2D eigenvalue weighted by atomic mass is 35.5. The summed E-state index contributed by atoms with van der Waals surface area (Å²) >= 11 is 11.8. The Labute approximate surface area is 110 Å². The van der Waals surface area contributed by atoms with Crippen molar-refractivity contribution < 1.29 is 14.3 Å². The molecule has 0 aromatic heterocycles. The van der Waals surface area contributed by atoms with E-state index in [1.165, 1.54) is 6.08 Å². The number of hydrogen-bond donors (Lipinski definition) is 0. The van der Waals surface area contributed by atoms with E-state index in [4.69, 9.17) is 32.7 Å². The maximum atomic E-state index is 11.2. The monoisotopic (exact) mass is 274 g/mol. The van der Waals surface area contributed by atoms with Crippen LogP contribution in [-0.4, -0.2) is 12.6 Å². The van der Waals surface area contributed by atoms with E-state index >= 15 is 0 Å². The molecule has 0 aliphatic carbocycles. The third-order valence-corrected chi connectivity index (χ3v) is 2.60. The molecule has 1 aromatic carbocycles. The van der Waals surface area contributed by atoms with Gasteiger partial charge >= 0.3 is 5.97 Å². The number of rotatable bonds is 4. The topological polar surface area (TPSA) is 35.5 Å². The number of allylic oxidation sites excluding steroid dienone is 1. The summed E-state index contributed by atoms with van der Waals surface area (Å²) in [7, 11) is 0. The fraction of sp³-hybridized carbons (Fsp3) is 0.250. The average Bonchev–Trinajstić information content (AvgIpc) is 2.25. The number of esters is 1. The molecule has 0 atom stereocenters. The van der Waals surface area contributed by atoms with Gasteiger partial charge in [0.25, 0.3) is 0 Å². The van der Waals surface area contributed by atoms with E-state index in [2.05, 4.69) is 0 Å². The van der Waals surface area contributed by atoms with E-state index in [9.17, 15) is 4.79 Å². The minimum Gasteiger partial charge on any atom is -0.463 e. The molecule has 1 rings (SSSR count). The first-order valence-corrected chi connectivity index (χ1v) is 5.77. The number of carbonyl (C=O) groups excluding carboxylic acids is 1. The standard InChI is InChI=1S/C12H12Cl2O3/c1-3-16-11(15)7-8(2)17-10-6-4-5-9(13)12(10)14/h4-7H,3H2,1-2H3/b8-7+. The first kappa shape index (κ1) is 13.9. The van der Waals surface area contributed by atoms with Crippen LogP contribution in [0.1, 0.15) is 13.8 Å². The average molecular weight is 275 g/mol. The second-order valence-electron chi connectivity index (χ2n) is 3.16.